The Morgan fingerprint density at radius 3 is 2.46 bits per heavy atom. The van der Waals surface area contributed by atoms with Crippen LogP contribution in [0, 0.1) is 0 Å². The molecule has 0 saturated carbocycles. The lowest BCUT2D eigenvalue weighted by molar-refractivity contribution is 0.190. The molecule has 6 heteroatoms. The molecule has 4 rings (SSSR count). The molecule has 1 fully saturated rings. The van der Waals surface area contributed by atoms with Crippen molar-refractivity contribution in [1.82, 2.24) is 9.56 Å². The van der Waals surface area contributed by atoms with Crippen LogP contribution in [-0.2, 0) is 9.47 Å². The second-order valence-electron chi connectivity index (χ2n) is 7.18. The number of hydrogen-bond donors (Lipinski definition) is 0. The molecule has 0 bridgehead atoms. The zero-order valence-electron chi connectivity index (χ0n) is 16.7. The van der Waals surface area contributed by atoms with Crippen molar-refractivity contribution < 1.29 is 9.47 Å². The van der Waals surface area contributed by atoms with Crippen molar-refractivity contribution in [3.63, 3.8) is 0 Å². The van der Waals surface area contributed by atoms with Crippen LogP contribution in [0.3, 0.4) is 0 Å². The summed E-state index contributed by atoms with van der Waals surface area (Å²) < 4.78 is 14.3. The molecule has 0 radical (unpaired) electrons. The third kappa shape index (κ3) is 4.19. The molecule has 5 nitrogen and oxygen atoms in total. The van der Waals surface area contributed by atoms with Crippen molar-refractivity contribution in [2.45, 2.75) is 12.8 Å². The monoisotopic (exact) mass is 398 g/mol. The fourth-order valence-corrected chi connectivity index (χ4v) is 4.78. The van der Waals surface area contributed by atoms with E-state index in [9.17, 15) is 0 Å². The van der Waals surface area contributed by atoms with Gasteiger partial charge in [0.2, 0.25) is 5.36 Å². The van der Waals surface area contributed by atoms with E-state index in [1.807, 2.05) is 11.3 Å². The topological polar surface area (TPSA) is 37.6 Å². The highest BCUT2D eigenvalue weighted by Gasteiger charge is 2.16. The van der Waals surface area contributed by atoms with Crippen LogP contribution in [0.15, 0.2) is 36.4 Å². The van der Waals surface area contributed by atoms with Crippen LogP contribution >= 0.6 is 11.3 Å². The summed E-state index contributed by atoms with van der Waals surface area (Å²) in [7, 11) is 3.48. The van der Waals surface area contributed by atoms with E-state index in [2.05, 4.69) is 45.9 Å². The summed E-state index contributed by atoms with van der Waals surface area (Å²) in [5, 5.41) is 1.32. The average molecular weight is 399 g/mol. The minimum atomic E-state index is 0.695. The van der Waals surface area contributed by atoms with Gasteiger partial charge in [0, 0.05) is 58.0 Å². The zero-order chi connectivity index (χ0) is 19.3. The van der Waals surface area contributed by atoms with Crippen molar-refractivity contribution >= 4 is 27.2 Å². The summed E-state index contributed by atoms with van der Waals surface area (Å²) in [5.74, 6) is 0. The molecule has 3 aliphatic rings. The van der Waals surface area contributed by atoms with Crippen LogP contribution in [0.25, 0.3) is 20.8 Å². The number of aromatic nitrogens is 1. The fraction of sp³-hybridized carbons (Fsp3) is 0.455. The minimum Gasteiger partial charge on any atom is -0.383 e. The van der Waals surface area contributed by atoms with Gasteiger partial charge in [0.1, 0.15) is 13.1 Å². The first-order chi connectivity index (χ1) is 13.8. The van der Waals surface area contributed by atoms with E-state index in [0.717, 1.165) is 37.4 Å². The number of anilines is 1. The van der Waals surface area contributed by atoms with Gasteiger partial charge >= 0.3 is 0 Å². The van der Waals surface area contributed by atoms with E-state index in [-0.39, 0.29) is 0 Å². The summed E-state index contributed by atoms with van der Waals surface area (Å²) in [5.41, 5.74) is 3.31. The molecule has 1 aliphatic carbocycles. The van der Waals surface area contributed by atoms with E-state index in [1.165, 1.54) is 33.5 Å². The van der Waals surface area contributed by atoms with E-state index >= 15 is 0 Å². The van der Waals surface area contributed by atoms with Crippen LogP contribution in [-0.4, -0.2) is 58.6 Å². The lowest BCUT2D eigenvalue weighted by atomic mass is 10.2. The second-order valence-corrected chi connectivity index (χ2v) is 8.27. The summed E-state index contributed by atoms with van der Waals surface area (Å²) in [4.78, 5) is 8.45. The molecule has 28 heavy (non-hydrogen) atoms. The highest BCUT2D eigenvalue weighted by molar-refractivity contribution is 7.21. The molecule has 0 spiro atoms. The molecule has 1 aromatic rings. The van der Waals surface area contributed by atoms with Gasteiger partial charge in [0.05, 0.1) is 34.0 Å². The summed E-state index contributed by atoms with van der Waals surface area (Å²) in [6.45, 7) is 5.40. The van der Waals surface area contributed by atoms with Crippen molar-refractivity contribution in [3.8, 4) is 10.6 Å². The van der Waals surface area contributed by atoms with Crippen molar-refractivity contribution in [2.24, 2.45) is 0 Å². The van der Waals surface area contributed by atoms with Gasteiger partial charge in [-0.15, -0.1) is 11.3 Å². The largest absolute Gasteiger partial charge is 0.383 e. The quantitative estimate of drug-likeness (QED) is 0.453. The molecule has 0 aromatic heterocycles. The normalized spacial score (nSPS) is 14.3. The Bertz CT molecular complexity index is 969. The Kier molecular flexibility index (Phi) is 6.20. The van der Waals surface area contributed by atoms with Crippen LogP contribution < -0.4 is 14.8 Å². The first-order valence-electron chi connectivity index (χ1n) is 9.94. The van der Waals surface area contributed by atoms with Gasteiger partial charge in [-0.3, -0.25) is 0 Å². The molecule has 0 amide bonds. The predicted octanol–water partition coefficient (Wildman–Crippen LogP) is 3.07. The number of ether oxygens (including phenoxy) is 2. The molecule has 0 atom stereocenters. The number of methoxy groups -OCH3 is 2. The molecular formula is C22H28N3O2S+. The summed E-state index contributed by atoms with van der Waals surface area (Å²) >= 11 is 1.83. The number of fused-ring (bicyclic) bond motifs is 2. The lowest BCUT2D eigenvalue weighted by Gasteiger charge is -2.24. The minimum absolute atomic E-state index is 0.695. The van der Waals surface area contributed by atoms with E-state index in [0.29, 0.717) is 13.2 Å². The van der Waals surface area contributed by atoms with Crippen molar-refractivity contribution in [3.05, 3.63) is 41.8 Å². The Labute approximate surface area is 170 Å². The SMILES string of the molecule is COCCN(CCOC)c1ccc2nc3ccc(=[N+]4CCCC4)cc-3sc2c1. The van der Waals surface area contributed by atoms with Crippen molar-refractivity contribution in [1.29, 1.82) is 0 Å². The third-order valence-electron chi connectivity index (χ3n) is 5.31. The van der Waals surface area contributed by atoms with E-state index < -0.39 is 0 Å². The highest BCUT2D eigenvalue weighted by atomic mass is 32.1. The van der Waals surface area contributed by atoms with E-state index in [1.54, 1.807) is 14.2 Å². The smallest absolute Gasteiger partial charge is 0.201 e. The molecule has 2 aliphatic heterocycles. The Balaban J connectivity index is 1.73. The molecule has 1 saturated heterocycles. The van der Waals surface area contributed by atoms with Gasteiger partial charge in [-0.2, -0.15) is 0 Å². The maximum atomic E-state index is 5.28. The molecule has 0 N–H and O–H groups in total. The van der Waals surface area contributed by atoms with Crippen molar-refractivity contribution in [2.75, 3.05) is 58.5 Å². The molecule has 2 heterocycles. The highest BCUT2D eigenvalue weighted by Crippen LogP contribution is 2.31. The summed E-state index contributed by atoms with van der Waals surface area (Å²) in [6, 6.07) is 13.2. The lowest BCUT2D eigenvalue weighted by Crippen LogP contribution is -2.30. The number of nitrogens with zero attached hydrogens (tertiary/aromatic N) is 3. The van der Waals surface area contributed by atoms with Crippen LogP contribution in [0.2, 0.25) is 0 Å². The molecular weight excluding hydrogens is 370 g/mol. The number of hydrogen-bond acceptors (Lipinski definition) is 5. The Morgan fingerprint density at radius 2 is 1.75 bits per heavy atom. The van der Waals surface area contributed by atoms with Gasteiger partial charge in [-0.05, 0) is 24.3 Å². The van der Waals surface area contributed by atoms with Gasteiger partial charge in [0.25, 0.3) is 0 Å². The average Bonchev–Trinajstić information content (AvgIpc) is 3.26. The zero-order valence-corrected chi connectivity index (χ0v) is 17.5. The van der Waals surface area contributed by atoms with Crippen LogP contribution in [0.1, 0.15) is 12.8 Å². The number of rotatable bonds is 7. The summed E-state index contributed by atoms with van der Waals surface area (Å²) in [6.07, 6.45) is 2.58. The molecule has 0 unspecified atom stereocenters. The van der Waals surface area contributed by atoms with Crippen LogP contribution in [0.5, 0.6) is 0 Å². The maximum Gasteiger partial charge on any atom is 0.201 e. The Hall–Kier alpha value is -2.02. The molecule has 148 valence electrons. The first kappa shape index (κ1) is 19.3. The predicted molar refractivity (Wildman–Crippen MR) is 116 cm³/mol. The van der Waals surface area contributed by atoms with Gasteiger partial charge in [-0.1, -0.05) is 0 Å². The van der Waals surface area contributed by atoms with Gasteiger partial charge in [0.15, 0.2) is 0 Å². The first-order valence-corrected chi connectivity index (χ1v) is 10.8. The number of benzene rings is 2. The van der Waals surface area contributed by atoms with Gasteiger partial charge in [-0.25, -0.2) is 9.56 Å². The fourth-order valence-electron chi connectivity index (χ4n) is 3.74. The second kappa shape index (κ2) is 8.99. The standard InChI is InChI=1S/C22H28N3O2S/c1-26-13-11-25(12-14-27-2)18-6-8-20-22(16-18)28-21-15-17(5-7-19(21)23-20)24-9-3-4-10-24/h5-8,15-16H,3-4,9-14H2,1-2H3/q+1. The maximum absolute atomic E-state index is 5.28. The van der Waals surface area contributed by atoms with Gasteiger partial charge < -0.3 is 14.4 Å². The Morgan fingerprint density at radius 1 is 1.00 bits per heavy atom. The van der Waals surface area contributed by atoms with Crippen LogP contribution in [0.4, 0.5) is 5.69 Å². The third-order valence-corrected chi connectivity index (χ3v) is 6.41. The van der Waals surface area contributed by atoms with E-state index in [4.69, 9.17) is 14.5 Å². The molecule has 1 aromatic carbocycles.